The summed E-state index contributed by atoms with van der Waals surface area (Å²) in [6.07, 6.45) is 3.79. The van der Waals surface area contributed by atoms with Crippen LogP contribution in [0.5, 0.6) is 5.75 Å². The number of hydrogen-bond donors (Lipinski definition) is 4. The van der Waals surface area contributed by atoms with Crippen molar-refractivity contribution in [2.45, 2.75) is 36.9 Å². The van der Waals surface area contributed by atoms with Gasteiger partial charge in [-0.1, -0.05) is 18.2 Å². The molecule has 2 atom stereocenters. The molecule has 0 heterocycles. The Morgan fingerprint density at radius 2 is 1.81 bits per heavy atom. The van der Waals surface area contributed by atoms with Crippen LogP contribution in [0.15, 0.2) is 65.6 Å². The summed E-state index contributed by atoms with van der Waals surface area (Å²) in [5.41, 5.74) is 2.79. The van der Waals surface area contributed by atoms with E-state index in [2.05, 4.69) is 5.32 Å². The molecule has 4 N–H and O–H groups in total. The molecule has 0 aliphatic rings. The normalized spacial score (nSPS) is 12.8. The first-order chi connectivity index (χ1) is 15.5. The van der Waals surface area contributed by atoms with Gasteiger partial charge in [-0.25, -0.2) is 10.3 Å². The SMILES string of the molecule is CCO[C@H](CC/C=C/C(=O)NO)[C@H](OC(=O)Nc1ccc(SC)cc1)c1ccc(O)cc1. The van der Waals surface area contributed by atoms with Gasteiger partial charge in [0.1, 0.15) is 5.75 Å². The molecule has 0 saturated carbocycles. The predicted molar refractivity (Wildman–Crippen MR) is 123 cm³/mol. The molecular formula is C23H28N2O6S. The van der Waals surface area contributed by atoms with E-state index in [0.717, 1.165) is 4.90 Å². The third-order valence-corrected chi connectivity index (χ3v) is 5.25. The number of benzene rings is 2. The number of nitrogens with one attached hydrogen (secondary N) is 2. The second kappa shape index (κ2) is 13.4. The Balaban J connectivity index is 2.16. The van der Waals surface area contributed by atoms with Gasteiger partial charge in [-0.3, -0.25) is 15.3 Å². The lowest BCUT2D eigenvalue weighted by Gasteiger charge is -2.27. The van der Waals surface area contributed by atoms with Crippen LogP contribution < -0.4 is 10.8 Å². The highest BCUT2D eigenvalue weighted by Gasteiger charge is 2.27. The molecular weight excluding hydrogens is 432 g/mol. The molecule has 0 bridgehead atoms. The largest absolute Gasteiger partial charge is 0.508 e. The Hall–Kier alpha value is -3.01. The Morgan fingerprint density at radius 1 is 1.12 bits per heavy atom. The summed E-state index contributed by atoms with van der Waals surface area (Å²) in [6, 6.07) is 13.7. The zero-order valence-corrected chi connectivity index (χ0v) is 18.8. The van der Waals surface area contributed by atoms with E-state index in [4.69, 9.17) is 14.7 Å². The van der Waals surface area contributed by atoms with Crippen molar-refractivity contribution in [3.63, 3.8) is 0 Å². The topological polar surface area (TPSA) is 117 Å². The second-order valence-electron chi connectivity index (χ2n) is 6.72. The van der Waals surface area contributed by atoms with Crippen LogP contribution in [0, 0.1) is 0 Å². The number of rotatable bonds is 11. The number of hydroxylamine groups is 1. The van der Waals surface area contributed by atoms with Crippen molar-refractivity contribution in [1.82, 2.24) is 5.48 Å². The van der Waals surface area contributed by atoms with E-state index in [1.165, 1.54) is 23.7 Å². The first-order valence-electron chi connectivity index (χ1n) is 10.1. The summed E-state index contributed by atoms with van der Waals surface area (Å²) in [6.45, 7) is 2.23. The van der Waals surface area contributed by atoms with Gasteiger partial charge in [0.2, 0.25) is 0 Å². The van der Waals surface area contributed by atoms with Gasteiger partial charge >= 0.3 is 6.09 Å². The molecule has 0 unspecified atom stereocenters. The van der Waals surface area contributed by atoms with Crippen LogP contribution in [0.4, 0.5) is 10.5 Å². The van der Waals surface area contributed by atoms with Crippen molar-refractivity contribution in [1.29, 1.82) is 0 Å². The molecule has 0 spiro atoms. The van der Waals surface area contributed by atoms with E-state index in [-0.39, 0.29) is 5.75 Å². The molecule has 172 valence electrons. The number of thioether (sulfide) groups is 1. The van der Waals surface area contributed by atoms with E-state index in [1.807, 2.05) is 25.3 Å². The van der Waals surface area contributed by atoms with Crippen LogP contribution in [0.1, 0.15) is 31.4 Å². The summed E-state index contributed by atoms with van der Waals surface area (Å²) in [5.74, 6) is -0.534. The molecule has 2 amide bonds. The van der Waals surface area contributed by atoms with Crippen molar-refractivity contribution in [3.05, 3.63) is 66.2 Å². The fraction of sp³-hybridized carbons (Fsp3) is 0.304. The minimum atomic E-state index is -0.749. The number of carbonyl (C=O) groups is 2. The molecule has 0 aromatic heterocycles. The summed E-state index contributed by atoms with van der Waals surface area (Å²) in [5, 5.41) is 20.9. The van der Waals surface area contributed by atoms with Gasteiger partial charge in [-0.15, -0.1) is 11.8 Å². The molecule has 0 aliphatic heterocycles. The lowest BCUT2D eigenvalue weighted by molar-refractivity contribution is -0.124. The van der Waals surface area contributed by atoms with Crippen LogP contribution in [-0.4, -0.2) is 41.3 Å². The maximum absolute atomic E-state index is 12.6. The van der Waals surface area contributed by atoms with Gasteiger partial charge in [0, 0.05) is 23.3 Å². The first kappa shape index (κ1) is 25.3. The molecule has 2 rings (SSSR count). The molecule has 2 aromatic rings. The number of carbonyl (C=O) groups excluding carboxylic acids is 2. The van der Waals surface area contributed by atoms with Gasteiger partial charge in [0.25, 0.3) is 5.91 Å². The van der Waals surface area contributed by atoms with E-state index >= 15 is 0 Å². The summed E-state index contributed by atoms with van der Waals surface area (Å²) >= 11 is 1.60. The van der Waals surface area contributed by atoms with Gasteiger partial charge < -0.3 is 14.6 Å². The van der Waals surface area contributed by atoms with E-state index < -0.39 is 24.2 Å². The van der Waals surface area contributed by atoms with Crippen LogP contribution in [-0.2, 0) is 14.3 Å². The fourth-order valence-electron chi connectivity index (χ4n) is 2.98. The molecule has 0 radical (unpaired) electrons. The maximum atomic E-state index is 12.6. The molecule has 2 aromatic carbocycles. The highest BCUT2D eigenvalue weighted by molar-refractivity contribution is 7.98. The van der Waals surface area contributed by atoms with Gasteiger partial charge in [0.05, 0.1) is 6.10 Å². The molecule has 9 heteroatoms. The molecule has 32 heavy (non-hydrogen) atoms. The Bertz CT molecular complexity index is 886. The number of anilines is 1. The van der Waals surface area contributed by atoms with Crippen molar-refractivity contribution in [3.8, 4) is 5.75 Å². The first-order valence-corrected chi connectivity index (χ1v) is 11.3. The monoisotopic (exact) mass is 460 g/mol. The lowest BCUT2D eigenvalue weighted by Crippen LogP contribution is -2.29. The standard InChI is InChI=1S/C23H28N2O6S/c1-3-30-20(6-4-5-7-21(27)25-29)22(16-8-12-18(26)13-9-16)31-23(28)24-17-10-14-19(32-2)15-11-17/h5,7-15,20,22,26,29H,3-4,6H2,1-2H3,(H,24,28)(H,25,27)/b7-5+/t20-,22-/m1/s1. The maximum Gasteiger partial charge on any atom is 0.412 e. The van der Waals surface area contributed by atoms with Crippen molar-refractivity contribution in [2.24, 2.45) is 0 Å². The molecule has 0 saturated heterocycles. The zero-order chi connectivity index (χ0) is 23.3. The highest BCUT2D eigenvalue weighted by Crippen LogP contribution is 2.29. The van der Waals surface area contributed by atoms with E-state index in [1.54, 1.807) is 42.1 Å². The number of phenolic OH excluding ortho intramolecular Hbond substituents is 1. The third-order valence-electron chi connectivity index (χ3n) is 4.51. The van der Waals surface area contributed by atoms with Crippen LogP contribution >= 0.6 is 11.8 Å². The smallest absolute Gasteiger partial charge is 0.412 e. The average molecular weight is 461 g/mol. The van der Waals surface area contributed by atoms with Gasteiger partial charge in [-0.05, 0) is 68.0 Å². The summed E-state index contributed by atoms with van der Waals surface area (Å²) in [7, 11) is 0. The summed E-state index contributed by atoms with van der Waals surface area (Å²) in [4.78, 5) is 24.9. The highest BCUT2D eigenvalue weighted by atomic mass is 32.2. The Labute approximate surface area is 191 Å². The Kier molecular flexibility index (Phi) is 10.6. The Morgan fingerprint density at radius 3 is 2.41 bits per heavy atom. The van der Waals surface area contributed by atoms with Crippen LogP contribution in [0.2, 0.25) is 0 Å². The minimum absolute atomic E-state index is 0.0942. The third kappa shape index (κ3) is 8.26. The minimum Gasteiger partial charge on any atom is -0.508 e. The average Bonchev–Trinajstić information content (AvgIpc) is 2.80. The molecule has 8 nitrogen and oxygen atoms in total. The van der Waals surface area contributed by atoms with E-state index in [9.17, 15) is 14.7 Å². The van der Waals surface area contributed by atoms with Crippen molar-refractivity contribution < 1.29 is 29.4 Å². The zero-order valence-electron chi connectivity index (χ0n) is 18.0. The summed E-state index contributed by atoms with van der Waals surface area (Å²) < 4.78 is 11.6. The second-order valence-corrected chi connectivity index (χ2v) is 7.60. The molecule has 0 fully saturated rings. The number of allylic oxidation sites excluding steroid dienone is 1. The number of hydrogen-bond acceptors (Lipinski definition) is 7. The predicted octanol–water partition coefficient (Wildman–Crippen LogP) is 4.65. The van der Waals surface area contributed by atoms with Crippen LogP contribution in [0.25, 0.3) is 0 Å². The van der Waals surface area contributed by atoms with E-state index in [0.29, 0.717) is 30.7 Å². The number of amides is 2. The fourth-order valence-corrected chi connectivity index (χ4v) is 3.39. The number of ether oxygens (including phenoxy) is 2. The quantitative estimate of drug-likeness (QED) is 0.167. The number of aromatic hydroxyl groups is 1. The van der Waals surface area contributed by atoms with Gasteiger partial charge in [0.15, 0.2) is 6.10 Å². The lowest BCUT2D eigenvalue weighted by atomic mass is 10.00. The molecule has 0 aliphatic carbocycles. The van der Waals surface area contributed by atoms with Crippen molar-refractivity contribution in [2.75, 3.05) is 18.2 Å². The van der Waals surface area contributed by atoms with Crippen molar-refractivity contribution >= 4 is 29.4 Å². The van der Waals surface area contributed by atoms with Crippen LogP contribution in [0.3, 0.4) is 0 Å². The number of phenols is 1. The van der Waals surface area contributed by atoms with Gasteiger partial charge in [-0.2, -0.15) is 0 Å².